The van der Waals surface area contributed by atoms with Gasteiger partial charge in [-0.3, -0.25) is 0 Å². The Hall–Kier alpha value is -0.0400. The van der Waals surface area contributed by atoms with E-state index in [1.165, 1.54) is 44.9 Å². The maximum Gasteiger partial charge on any atom is 0.0181 e. The summed E-state index contributed by atoms with van der Waals surface area (Å²) in [6, 6.07) is 0. The first-order chi connectivity index (χ1) is 6.74. The average Bonchev–Trinajstić information content (AvgIpc) is 2.16. The van der Waals surface area contributed by atoms with Gasteiger partial charge in [0.2, 0.25) is 0 Å². The quantitative estimate of drug-likeness (QED) is 0.589. The molecule has 1 nitrogen and oxygen atoms in total. The van der Waals surface area contributed by atoms with Crippen LogP contribution in [-0.2, 0) is 0 Å². The molecule has 0 aromatic heterocycles. The van der Waals surface area contributed by atoms with Gasteiger partial charge in [-0.05, 0) is 25.8 Å². The van der Waals surface area contributed by atoms with Crippen LogP contribution >= 0.6 is 0 Å². The van der Waals surface area contributed by atoms with Crippen LogP contribution < -0.4 is 5.32 Å². The van der Waals surface area contributed by atoms with Crippen LogP contribution in [0.4, 0.5) is 0 Å². The van der Waals surface area contributed by atoms with Crippen molar-refractivity contribution in [2.75, 3.05) is 6.54 Å². The molecular weight excluding hydrogens is 170 g/mol. The molecule has 1 heteroatoms. The van der Waals surface area contributed by atoms with Crippen LogP contribution in [0.5, 0.6) is 0 Å². The number of nitrogens with one attached hydrogen (secondary N) is 1. The van der Waals surface area contributed by atoms with E-state index < -0.39 is 0 Å². The van der Waals surface area contributed by atoms with Crippen molar-refractivity contribution in [1.82, 2.24) is 5.32 Å². The van der Waals surface area contributed by atoms with Gasteiger partial charge >= 0.3 is 0 Å². The Kier molecular flexibility index (Phi) is 8.26. The average molecular weight is 199 g/mol. The molecule has 14 heavy (non-hydrogen) atoms. The molecule has 0 amide bonds. The predicted molar refractivity (Wildman–Crippen MR) is 65.7 cm³/mol. The zero-order valence-corrected chi connectivity index (χ0v) is 10.7. The molecule has 0 radical (unpaired) electrons. The molecule has 0 saturated carbocycles. The second-order valence-corrected chi connectivity index (χ2v) is 4.41. The highest BCUT2D eigenvalue weighted by Crippen LogP contribution is 2.25. The first-order valence-corrected chi connectivity index (χ1v) is 6.49. The molecule has 0 saturated heterocycles. The van der Waals surface area contributed by atoms with Crippen molar-refractivity contribution < 1.29 is 0 Å². The molecule has 0 aliphatic carbocycles. The van der Waals surface area contributed by atoms with E-state index in [-0.39, 0.29) is 0 Å². The lowest BCUT2D eigenvalue weighted by atomic mass is 9.84. The van der Waals surface area contributed by atoms with Crippen molar-refractivity contribution in [2.24, 2.45) is 0 Å². The van der Waals surface area contributed by atoms with Gasteiger partial charge in [0.05, 0.1) is 0 Å². The molecule has 0 heterocycles. The van der Waals surface area contributed by atoms with E-state index in [9.17, 15) is 0 Å². The van der Waals surface area contributed by atoms with E-state index in [2.05, 4.69) is 33.0 Å². The molecule has 0 unspecified atom stereocenters. The van der Waals surface area contributed by atoms with Gasteiger partial charge in [0.1, 0.15) is 0 Å². The van der Waals surface area contributed by atoms with Crippen LogP contribution in [0.2, 0.25) is 0 Å². The van der Waals surface area contributed by atoms with Crippen LogP contribution in [0.25, 0.3) is 0 Å². The number of rotatable bonds is 9. The molecule has 0 aliphatic rings. The Labute approximate surface area is 90.7 Å². The summed E-state index contributed by atoms with van der Waals surface area (Å²) in [5.74, 6) is 0. The van der Waals surface area contributed by atoms with E-state index in [1.54, 1.807) is 0 Å². The van der Waals surface area contributed by atoms with Crippen LogP contribution in [0.3, 0.4) is 0 Å². The smallest absolute Gasteiger partial charge is 0.0181 e. The van der Waals surface area contributed by atoms with E-state index in [0.29, 0.717) is 5.54 Å². The largest absolute Gasteiger partial charge is 0.312 e. The minimum atomic E-state index is 0.453. The summed E-state index contributed by atoms with van der Waals surface area (Å²) >= 11 is 0. The van der Waals surface area contributed by atoms with Gasteiger partial charge in [-0.15, -0.1) is 0 Å². The van der Waals surface area contributed by atoms with Crippen molar-refractivity contribution >= 4 is 0 Å². The molecule has 0 atom stereocenters. The fourth-order valence-electron chi connectivity index (χ4n) is 2.49. The van der Waals surface area contributed by atoms with Gasteiger partial charge in [-0.2, -0.15) is 0 Å². The van der Waals surface area contributed by atoms with E-state index in [4.69, 9.17) is 0 Å². The van der Waals surface area contributed by atoms with Gasteiger partial charge in [0, 0.05) is 5.54 Å². The van der Waals surface area contributed by atoms with Crippen LogP contribution in [0, 0.1) is 0 Å². The molecule has 0 spiro atoms. The maximum absolute atomic E-state index is 3.73. The third-order valence-corrected chi connectivity index (χ3v) is 3.02. The fourth-order valence-corrected chi connectivity index (χ4v) is 2.49. The lowest BCUT2D eigenvalue weighted by Crippen LogP contribution is -2.45. The van der Waals surface area contributed by atoms with Crippen molar-refractivity contribution in [1.29, 1.82) is 0 Å². The van der Waals surface area contributed by atoms with Gasteiger partial charge in [-0.25, -0.2) is 0 Å². The minimum Gasteiger partial charge on any atom is -0.312 e. The summed E-state index contributed by atoms with van der Waals surface area (Å²) in [4.78, 5) is 0. The molecular formula is C13H29N. The Morgan fingerprint density at radius 2 is 1.36 bits per heavy atom. The number of hydrogen-bond acceptors (Lipinski definition) is 1. The van der Waals surface area contributed by atoms with E-state index in [0.717, 1.165) is 6.54 Å². The van der Waals surface area contributed by atoms with Gasteiger partial charge in [0.15, 0.2) is 0 Å². The van der Waals surface area contributed by atoms with Crippen molar-refractivity contribution in [3.63, 3.8) is 0 Å². The lowest BCUT2D eigenvalue weighted by Gasteiger charge is -2.35. The highest BCUT2D eigenvalue weighted by atomic mass is 15.0. The maximum atomic E-state index is 3.73. The van der Waals surface area contributed by atoms with Crippen molar-refractivity contribution in [3.05, 3.63) is 0 Å². The highest BCUT2D eigenvalue weighted by Gasteiger charge is 2.25. The lowest BCUT2D eigenvalue weighted by molar-refractivity contribution is 0.254. The summed E-state index contributed by atoms with van der Waals surface area (Å²) in [5.41, 5.74) is 0.453. The van der Waals surface area contributed by atoms with Crippen molar-refractivity contribution in [2.45, 2.75) is 78.2 Å². The topological polar surface area (TPSA) is 12.0 Å². The Bertz CT molecular complexity index is 103. The molecule has 0 aromatic carbocycles. The Morgan fingerprint density at radius 3 is 1.71 bits per heavy atom. The summed E-state index contributed by atoms with van der Waals surface area (Å²) in [7, 11) is 0. The first kappa shape index (κ1) is 14.0. The molecule has 0 bridgehead atoms. The van der Waals surface area contributed by atoms with Crippen LogP contribution in [0.1, 0.15) is 72.6 Å². The summed E-state index contributed by atoms with van der Waals surface area (Å²) in [6.45, 7) is 10.2. The minimum absolute atomic E-state index is 0.453. The first-order valence-electron chi connectivity index (χ1n) is 6.49. The molecule has 0 fully saturated rings. The summed E-state index contributed by atoms with van der Waals surface area (Å²) in [5, 5.41) is 3.73. The van der Waals surface area contributed by atoms with Gasteiger partial charge in [-0.1, -0.05) is 53.4 Å². The zero-order chi connectivity index (χ0) is 10.9. The molecule has 1 N–H and O–H groups in total. The monoisotopic (exact) mass is 199 g/mol. The molecule has 0 aromatic rings. The predicted octanol–water partition coefficient (Wildman–Crippen LogP) is 4.13. The Morgan fingerprint density at radius 1 is 0.786 bits per heavy atom. The third-order valence-electron chi connectivity index (χ3n) is 3.02. The summed E-state index contributed by atoms with van der Waals surface area (Å²) < 4.78 is 0. The van der Waals surface area contributed by atoms with Crippen LogP contribution in [0.15, 0.2) is 0 Å². The number of hydrogen-bond donors (Lipinski definition) is 1. The second kappa shape index (κ2) is 8.28. The van der Waals surface area contributed by atoms with E-state index >= 15 is 0 Å². The SMILES string of the molecule is CCCCC(CCC)(CCC)NCC. The normalized spacial score (nSPS) is 12.0. The number of unbranched alkanes of at least 4 members (excludes halogenated alkanes) is 1. The molecule has 86 valence electrons. The Balaban J connectivity index is 4.21. The third kappa shape index (κ3) is 4.99. The van der Waals surface area contributed by atoms with Crippen molar-refractivity contribution in [3.8, 4) is 0 Å². The van der Waals surface area contributed by atoms with Crippen LogP contribution in [-0.4, -0.2) is 12.1 Å². The zero-order valence-electron chi connectivity index (χ0n) is 10.7. The van der Waals surface area contributed by atoms with Gasteiger partial charge < -0.3 is 5.32 Å². The molecule has 0 rings (SSSR count). The second-order valence-electron chi connectivity index (χ2n) is 4.41. The van der Waals surface area contributed by atoms with E-state index in [1.807, 2.05) is 0 Å². The summed E-state index contributed by atoms with van der Waals surface area (Å²) in [6.07, 6.45) is 9.34. The molecule has 0 aliphatic heterocycles. The standard InChI is InChI=1S/C13H29N/c1-5-9-12-13(10-6-2,11-7-3)14-8-4/h14H,5-12H2,1-4H3. The fraction of sp³-hybridized carbons (Fsp3) is 1.00. The highest BCUT2D eigenvalue weighted by molar-refractivity contribution is 4.86. The van der Waals surface area contributed by atoms with Gasteiger partial charge in [0.25, 0.3) is 0 Å².